The molecule has 134 valence electrons. The molecule has 1 aromatic heterocycles. The van der Waals surface area contributed by atoms with Gasteiger partial charge in [0.2, 0.25) is 0 Å². The Balaban J connectivity index is 1.71. The first kappa shape index (κ1) is 16.9. The highest BCUT2D eigenvalue weighted by Crippen LogP contribution is 2.27. The minimum atomic E-state index is -0.672. The third-order valence-corrected chi connectivity index (χ3v) is 5.32. The van der Waals surface area contributed by atoms with Crippen molar-refractivity contribution in [2.24, 2.45) is 5.92 Å². The number of likely N-dealkylation sites (tertiary alicyclic amines) is 1. The van der Waals surface area contributed by atoms with Gasteiger partial charge in [-0.1, -0.05) is 35.9 Å². The number of carboxylic acids is 1. The summed E-state index contributed by atoms with van der Waals surface area (Å²) in [6.45, 7) is 4.45. The van der Waals surface area contributed by atoms with Gasteiger partial charge in [-0.2, -0.15) is 0 Å². The van der Waals surface area contributed by atoms with Gasteiger partial charge in [-0.3, -0.25) is 9.69 Å². The van der Waals surface area contributed by atoms with Crippen LogP contribution in [0.1, 0.15) is 24.1 Å². The van der Waals surface area contributed by atoms with E-state index in [4.69, 9.17) is 0 Å². The SMILES string of the molecule is Cc1ccc(-n2c(CN3CCCC(C(=O)O)C3)cc3ccccc32)cc1. The first-order valence-corrected chi connectivity index (χ1v) is 9.23. The molecule has 0 saturated carbocycles. The molecular formula is C22H24N2O2. The van der Waals surface area contributed by atoms with E-state index in [1.54, 1.807) is 0 Å². The molecule has 4 heteroatoms. The van der Waals surface area contributed by atoms with E-state index in [2.05, 4.69) is 71.0 Å². The van der Waals surface area contributed by atoms with Crippen molar-refractivity contribution in [1.82, 2.24) is 9.47 Å². The van der Waals surface area contributed by atoms with E-state index in [-0.39, 0.29) is 5.92 Å². The Bertz CT molecular complexity index is 927. The summed E-state index contributed by atoms with van der Waals surface area (Å²) in [7, 11) is 0. The number of aryl methyl sites for hydroxylation is 1. The molecule has 1 fully saturated rings. The van der Waals surface area contributed by atoms with Crippen LogP contribution in [0.25, 0.3) is 16.6 Å². The van der Waals surface area contributed by atoms with Crippen molar-refractivity contribution in [3.63, 3.8) is 0 Å². The maximum atomic E-state index is 11.4. The zero-order valence-corrected chi connectivity index (χ0v) is 15.1. The van der Waals surface area contributed by atoms with Crippen molar-refractivity contribution < 1.29 is 9.90 Å². The molecule has 0 aliphatic carbocycles. The molecule has 0 bridgehead atoms. The zero-order valence-electron chi connectivity index (χ0n) is 15.1. The van der Waals surface area contributed by atoms with Crippen molar-refractivity contribution >= 4 is 16.9 Å². The predicted octanol–water partition coefficient (Wildman–Crippen LogP) is 4.24. The van der Waals surface area contributed by atoms with Gasteiger partial charge in [0, 0.05) is 29.9 Å². The van der Waals surface area contributed by atoms with Crippen LogP contribution in [0.15, 0.2) is 54.6 Å². The lowest BCUT2D eigenvalue weighted by molar-refractivity contribution is -0.143. The Morgan fingerprint density at radius 3 is 2.69 bits per heavy atom. The molecule has 0 amide bonds. The number of rotatable bonds is 4. The molecule has 2 heterocycles. The van der Waals surface area contributed by atoms with E-state index >= 15 is 0 Å². The Morgan fingerprint density at radius 2 is 1.92 bits per heavy atom. The Kier molecular flexibility index (Phi) is 4.51. The fraction of sp³-hybridized carbons (Fsp3) is 0.318. The molecule has 2 aromatic carbocycles. The minimum Gasteiger partial charge on any atom is -0.481 e. The number of carboxylic acid groups (broad SMARTS) is 1. The van der Waals surface area contributed by atoms with Gasteiger partial charge < -0.3 is 9.67 Å². The van der Waals surface area contributed by atoms with Crippen LogP contribution in [0.2, 0.25) is 0 Å². The maximum absolute atomic E-state index is 11.4. The lowest BCUT2D eigenvalue weighted by Gasteiger charge is -2.30. The molecule has 26 heavy (non-hydrogen) atoms. The highest BCUT2D eigenvalue weighted by molar-refractivity contribution is 5.83. The fourth-order valence-electron chi connectivity index (χ4n) is 3.96. The van der Waals surface area contributed by atoms with Crippen molar-refractivity contribution in [3.8, 4) is 5.69 Å². The number of nitrogens with zero attached hydrogens (tertiary/aromatic N) is 2. The summed E-state index contributed by atoms with van der Waals surface area (Å²) in [6.07, 6.45) is 1.73. The topological polar surface area (TPSA) is 45.5 Å². The maximum Gasteiger partial charge on any atom is 0.307 e. The molecule has 4 rings (SSSR count). The summed E-state index contributed by atoms with van der Waals surface area (Å²) in [6, 6.07) is 19.2. The highest BCUT2D eigenvalue weighted by atomic mass is 16.4. The molecule has 1 atom stereocenters. The molecule has 1 aliphatic rings. The van der Waals surface area contributed by atoms with E-state index in [0.717, 1.165) is 31.6 Å². The summed E-state index contributed by atoms with van der Waals surface area (Å²) in [5.41, 5.74) is 4.80. The van der Waals surface area contributed by atoms with Crippen LogP contribution in [0.5, 0.6) is 0 Å². The summed E-state index contributed by atoms with van der Waals surface area (Å²) < 4.78 is 2.30. The van der Waals surface area contributed by atoms with E-state index in [1.807, 2.05) is 0 Å². The average Bonchev–Trinajstić information content (AvgIpc) is 3.00. The van der Waals surface area contributed by atoms with E-state index in [9.17, 15) is 9.90 Å². The van der Waals surface area contributed by atoms with Crippen LogP contribution in [0.3, 0.4) is 0 Å². The number of piperidine rings is 1. The van der Waals surface area contributed by atoms with Crippen LogP contribution in [-0.4, -0.2) is 33.6 Å². The van der Waals surface area contributed by atoms with Crippen molar-refractivity contribution in [1.29, 1.82) is 0 Å². The summed E-state index contributed by atoms with van der Waals surface area (Å²) in [5.74, 6) is -0.922. The first-order chi connectivity index (χ1) is 12.6. The highest BCUT2D eigenvalue weighted by Gasteiger charge is 2.26. The second-order valence-corrected chi connectivity index (χ2v) is 7.28. The van der Waals surface area contributed by atoms with Gasteiger partial charge in [0.1, 0.15) is 0 Å². The number of carbonyl (C=O) groups is 1. The number of benzene rings is 2. The van der Waals surface area contributed by atoms with Crippen LogP contribution in [-0.2, 0) is 11.3 Å². The number of aliphatic carboxylic acids is 1. The standard InChI is InChI=1S/C22H24N2O2/c1-16-8-10-19(11-9-16)24-20(13-17-5-2-3-7-21(17)24)15-23-12-4-6-18(14-23)22(25)26/h2-3,5,7-11,13,18H,4,6,12,14-15H2,1H3,(H,25,26). The summed E-state index contributed by atoms with van der Waals surface area (Å²) >= 11 is 0. The van der Waals surface area contributed by atoms with Crippen molar-refractivity contribution in [3.05, 3.63) is 65.9 Å². The van der Waals surface area contributed by atoms with Crippen LogP contribution in [0, 0.1) is 12.8 Å². The molecule has 0 radical (unpaired) electrons. The van der Waals surface area contributed by atoms with Crippen molar-refractivity contribution in [2.45, 2.75) is 26.3 Å². The molecule has 1 N–H and O–H groups in total. The fourth-order valence-corrected chi connectivity index (χ4v) is 3.96. The van der Waals surface area contributed by atoms with E-state index in [1.165, 1.54) is 22.2 Å². The minimum absolute atomic E-state index is 0.249. The third kappa shape index (κ3) is 3.25. The Hall–Kier alpha value is -2.59. The van der Waals surface area contributed by atoms with Gasteiger partial charge in [0.15, 0.2) is 0 Å². The van der Waals surface area contributed by atoms with E-state index in [0.29, 0.717) is 6.54 Å². The van der Waals surface area contributed by atoms with Crippen LogP contribution < -0.4 is 0 Å². The number of hydrogen-bond donors (Lipinski definition) is 1. The second kappa shape index (κ2) is 6.96. The van der Waals surface area contributed by atoms with Gasteiger partial charge in [0.05, 0.1) is 11.4 Å². The van der Waals surface area contributed by atoms with Gasteiger partial charge in [0.25, 0.3) is 0 Å². The Morgan fingerprint density at radius 1 is 1.15 bits per heavy atom. The Labute approximate surface area is 153 Å². The average molecular weight is 348 g/mol. The summed E-state index contributed by atoms with van der Waals surface area (Å²) in [5, 5.41) is 10.6. The molecule has 1 saturated heterocycles. The molecule has 0 spiro atoms. The number of hydrogen-bond acceptors (Lipinski definition) is 2. The third-order valence-electron chi connectivity index (χ3n) is 5.32. The largest absolute Gasteiger partial charge is 0.481 e. The van der Waals surface area contributed by atoms with Crippen LogP contribution >= 0.6 is 0 Å². The molecule has 1 unspecified atom stereocenters. The monoisotopic (exact) mass is 348 g/mol. The smallest absolute Gasteiger partial charge is 0.307 e. The lowest BCUT2D eigenvalue weighted by atomic mass is 9.98. The van der Waals surface area contributed by atoms with Gasteiger partial charge >= 0.3 is 5.97 Å². The number of aromatic nitrogens is 1. The lowest BCUT2D eigenvalue weighted by Crippen LogP contribution is -2.38. The summed E-state index contributed by atoms with van der Waals surface area (Å²) in [4.78, 5) is 13.7. The first-order valence-electron chi connectivity index (χ1n) is 9.23. The number of fused-ring (bicyclic) bond motifs is 1. The van der Waals surface area contributed by atoms with E-state index < -0.39 is 5.97 Å². The second-order valence-electron chi connectivity index (χ2n) is 7.28. The normalized spacial score (nSPS) is 18.3. The molecule has 1 aliphatic heterocycles. The molecule has 3 aromatic rings. The number of para-hydroxylation sites is 1. The zero-order chi connectivity index (χ0) is 18.1. The molecular weight excluding hydrogens is 324 g/mol. The van der Waals surface area contributed by atoms with Crippen LogP contribution in [0.4, 0.5) is 0 Å². The van der Waals surface area contributed by atoms with Gasteiger partial charge in [-0.15, -0.1) is 0 Å². The quantitative estimate of drug-likeness (QED) is 0.767. The van der Waals surface area contributed by atoms with Crippen molar-refractivity contribution in [2.75, 3.05) is 13.1 Å². The predicted molar refractivity (Wildman–Crippen MR) is 104 cm³/mol. The van der Waals surface area contributed by atoms with Gasteiger partial charge in [-0.25, -0.2) is 0 Å². The van der Waals surface area contributed by atoms with Gasteiger partial charge in [-0.05, 0) is 50.6 Å². The molecule has 4 nitrogen and oxygen atoms in total.